The molecule has 1 N–H and O–H groups in total. The van der Waals surface area contributed by atoms with E-state index in [1.807, 2.05) is 0 Å². The average Bonchev–Trinajstić information content (AvgIpc) is 2.44. The van der Waals surface area contributed by atoms with Crippen LogP contribution >= 0.6 is 0 Å². The molecule has 1 aromatic rings. The van der Waals surface area contributed by atoms with Gasteiger partial charge in [0.15, 0.2) is 6.04 Å². The third kappa shape index (κ3) is 3.76. The number of carbonyl (C=O) groups excluding carboxylic acids is 1. The maximum atomic E-state index is 12.0. The van der Waals surface area contributed by atoms with Crippen LogP contribution in [0.1, 0.15) is 17.2 Å². The molecule has 1 aliphatic rings. The largest absolute Gasteiger partial charge is 0.479 e. The Labute approximate surface area is 124 Å². The van der Waals surface area contributed by atoms with E-state index in [0.29, 0.717) is 12.0 Å². The molecule has 1 atom stereocenters. The van der Waals surface area contributed by atoms with Gasteiger partial charge in [0.2, 0.25) is 5.91 Å². The number of ether oxygens (including phenoxy) is 1. The Morgan fingerprint density at radius 1 is 1.32 bits per heavy atom. The Balaban J connectivity index is 2.10. The number of halogens is 3. The zero-order valence-electron chi connectivity index (χ0n) is 11.5. The van der Waals surface area contributed by atoms with Crippen molar-refractivity contribution < 1.29 is 32.6 Å². The summed E-state index contributed by atoms with van der Waals surface area (Å²) in [6.07, 6.45) is -4.08. The summed E-state index contributed by atoms with van der Waals surface area (Å²) in [5.74, 6) is -2.00. The van der Waals surface area contributed by atoms with Gasteiger partial charge in [0.05, 0.1) is 0 Å². The van der Waals surface area contributed by atoms with Gasteiger partial charge in [-0.3, -0.25) is 4.79 Å². The van der Waals surface area contributed by atoms with E-state index in [1.54, 1.807) is 24.3 Å². The Hall–Kier alpha value is -2.09. The molecule has 1 heterocycles. The van der Waals surface area contributed by atoms with Gasteiger partial charge in [-0.15, -0.1) is 0 Å². The molecule has 0 fully saturated rings. The first-order chi connectivity index (χ1) is 10.3. The highest BCUT2D eigenvalue weighted by Gasteiger charge is 2.36. The van der Waals surface area contributed by atoms with Crippen LogP contribution in [0.15, 0.2) is 24.3 Å². The highest BCUT2D eigenvalue weighted by atomic mass is 19.4. The molecule has 0 saturated carbocycles. The molecule has 8 heteroatoms. The Kier molecular flexibility index (Phi) is 4.70. The van der Waals surface area contributed by atoms with Crippen LogP contribution in [0, 0.1) is 0 Å². The number of nitrogens with zero attached hydrogens (tertiary/aromatic N) is 1. The summed E-state index contributed by atoms with van der Waals surface area (Å²) in [5.41, 5.74) is 1.29. The van der Waals surface area contributed by atoms with Gasteiger partial charge in [0, 0.05) is 6.54 Å². The standard InChI is InChI=1S/C14H14F3NO4/c15-14(16,17)8-22-7-11(19)18-6-5-9-3-1-2-4-10(9)12(18)13(20)21/h1-4,12H,5-8H2,(H,20,21). The van der Waals surface area contributed by atoms with Crippen molar-refractivity contribution in [1.29, 1.82) is 0 Å². The number of benzene rings is 1. The minimum Gasteiger partial charge on any atom is -0.479 e. The third-order valence-corrected chi connectivity index (χ3v) is 3.33. The van der Waals surface area contributed by atoms with Crippen LogP contribution in [0.5, 0.6) is 0 Å². The maximum Gasteiger partial charge on any atom is 0.411 e. The minimum atomic E-state index is -4.53. The van der Waals surface area contributed by atoms with E-state index >= 15 is 0 Å². The van der Waals surface area contributed by atoms with Crippen molar-refractivity contribution in [2.45, 2.75) is 18.6 Å². The number of amides is 1. The van der Waals surface area contributed by atoms with Gasteiger partial charge in [-0.05, 0) is 17.5 Å². The van der Waals surface area contributed by atoms with Crippen LogP contribution < -0.4 is 0 Å². The second kappa shape index (κ2) is 6.35. The van der Waals surface area contributed by atoms with Crippen molar-refractivity contribution in [3.05, 3.63) is 35.4 Å². The summed E-state index contributed by atoms with van der Waals surface area (Å²) in [7, 11) is 0. The first-order valence-corrected chi connectivity index (χ1v) is 6.54. The van der Waals surface area contributed by atoms with Gasteiger partial charge < -0.3 is 14.7 Å². The van der Waals surface area contributed by atoms with Gasteiger partial charge in [0.25, 0.3) is 0 Å². The number of carboxylic acids is 1. The number of carboxylic acid groups (broad SMARTS) is 1. The van der Waals surface area contributed by atoms with Crippen molar-refractivity contribution in [3.8, 4) is 0 Å². The summed E-state index contributed by atoms with van der Waals surface area (Å²) < 4.78 is 40.3. The summed E-state index contributed by atoms with van der Waals surface area (Å²) in [6.45, 7) is -2.21. The smallest absolute Gasteiger partial charge is 0.411 e. The molecular formula is C14H14F3NO4. The normalized spacial score (nSPS) is 18.0. The monoisotopic (exact) mass is 317 g/mol. The molecule has 22 heavy (non-hydrogen) atoms. The SMILES string of the molecule is O=C(O)C1c2ccccc2CCN1C(=O)COCC(F)(F)F. The van der Waals surface area contributed by atoms with Crippen LogP contribution in [0.2, 0.25) is 0 Å². The summed E-state index contributed by atoms with van der Waals surface area (Å²) >= 11 is 0. The zero-order valence-corrected chi connectivity index (χ0v) is 11.5. The molecule has 0 bridgehead atoms. The minimum absolute atomic E-state index is 0.127. The number of alkyl halides is 3. The van der Waals surface area contributed by atoms with Gasteiger partial charge >= 0.3 is 12.1 Å². The lowest BCUT2D eigenvalue weighted by Crippen LogP contribution is -2.45. The molecule has 120 valence electrons. The topological polar surface area (TPSA) is 66.8 Å². The van der Waals surface area contributed by atoms with Crippen LogP contribution in [0.25, 0.3) is 0 Å². The summed E-state index contributed by atoms with van der Waals surface area (Å²) in [6, 6.07) is 5.59. The van der Waals surface area contributed by atoms with Crippen molar-refractivity contribution in [2.24, 2.45) is 0 Å². The second-order valence-electron chi connectivity index (χ2n) is 4.88. The summed E-state index contributed by atoms with van der Waals surface area (Å²) in [5, 5.41) is 9.34. The van der Waals surface area contributed by atoms with Gasteiger partial charge in [0.1, 0.15) is 13.2 Å². The highest BCUT2D eigenvalue weighted by molar-refractivity contribution is 5.86. The van der Waals surface area contributed by atoms with Crippen LogP contribution in [0.4, 0.5) is 13.2 Å². The fourth-order valence-electron chi connectivity index (χ4n) is 2.44. The molecule has 0 spiro atoms. The molecule has 0 saturated heterocycles. The molecule has 2 rings (SSSR count). The molecule has 1 unspecified atom stereocenters. The molecule has 0 aromatic heterocycles. The summed E-state index contributed by atoms with van der Waals surface area (Å²) in [4.78, 5) is 24.5. The maximum absolute atomic E-state index is 12.0. The molecule has 5 nitrogen and oxygen atoms in total. The van der Waals surface area contributed by atoms with Gasteiger partial charge in [-0.1, -0.05) is 24.3 Å². The quantitative estimate of drug-likeness (QED) is 0.919. The number of fused-ring (bicyclic) bond motifs is 1. The lowest BCUT2D eigenvalue weighted by atomic mass is 9.92. The first-order valence-electron chi connectivity index (χ1n) is 6.54. The lowest BCUT2D eigenvalue weighted by Gasteiger charge is -2.34. The van der Waals surface area contributed by atoms with E-state index in [-0.39, 0.29) is 6.54 Å². The van der Waals surface area contributed by atoms with Crippen LogP contribution in [0.3, 0.4) is 0 Å². The fraction of sp³-hybridized carbons (Fsp3) is 0.429. The van der Waals surface area contributed by atoms with Gasteiger partial charge in [-0.25, -0.2) is 4.79 Å². The first kappa shape index (κ1) is 16.3. The number of rotatable bonds is 4. The van der Waals surface area contributed by atoms with Crippen molar-refractivity contribution in [2.75, 3.05) is 19.8 Å². The number of carbonyl (C=O) groups is 2. The second-order valence-corrected chi connectivity index (χ2v) is 4.88. The Bertz CT molecular complexity index is 573. The molecular weight excluding hydrogens is 303 g/mol. The molecule has 0 aliphatic carbocycles. The highest BCUT2D eigenvalue weighted by Crippen LogP contribution is 2.30. The van der Waals surface area contributed by atoms with Crippen molar-refractivity contribution in [1.82, 2.24) is 4.90 Å². The Morgan fingerprint density at radius 3 is 2.64 bits per heavy atom. The van der Waals surface area contributed by atoms with E-state index in [2.05, 4.69) is 4.74 Å². The lowest BCUT2D eigenvalue weighted by molar-refractivity contribution is -0.179. The number of hydrogen-bond donors (Lipinski definition) is 1. The third-order valence-electron chi connectivity index (χ3n) is 3.33. The van der Waals surface area contributed by atoms with Gasteiger partial charge in [-0.2, -0.15) is 13.2 Å². The number of aliphatic carboxylic acids is 1. The van der Waals surface area contributed by atoms with E-state index in [4.69, 9.17) is 0 Å². The van der Waals surface area contributed by atoms with E-state index in [0.717, 1.165) is 10.5 Å². The molecule has 0 radical (unpaired) electrons. The molecule has 1 aliphatic heterocycles. The van der Waals surface area contributed by atoms with E-state index in [1.165, 1.54) is 0 Å². The predicted molar refractivity (Wildman–Crippen MR) is 69.1 cm³/mol. The Morgan fingerprint density at radius 2 is 2.00 bits per heavy atom. The fourth-order valence-corrected chi connectivity index (χ4v) is 2.44. The average molecular weight is 317 g/mol. The van der Waals surface area contributed by atoms with E-state index < -0.39 is 37.3 Å². The molecule has 1 aromatic carbocycles. The zero-order chi connectivity index (χ0) is 16.3. The van der Waals surface area contributed by atoms with Crippen LogP contribution in [-0.2, 0) is 20.7 Å². The molecule has 1 amide bonds. The van der Waals surface area contributed by atoms with E-state index in [9.17, 15) is 27.9 Å². The predicted octanol–water partition coefficient (Wildman–Crippen LogP) is 1.78. The van der Waals surface area contributed by atoms with Crippen molar-refractivity contribution >= 4 is 11.9 Å². The van der Waals surface area contributed by atoms with Crippen molar-refractivity contribution in [3.63, 3.8) is 0 Å². The number of hydrogen-bond acceptors (Lipinski definition) is 3. The van der Waals surface area contributed by atoms with Crippen LogP contribution in [-0.4, -0.2) is 47.8 Å².